The highest BCUT2D eigenvalue weighted by atomic mass is 28.3. The van der Waals surface area contributed by atoms with Crippen LogP contribution < -0.4 is 0 Å². The zero-order chi connectivity index (χ0) is 21.5. The molecule has 4 aromatic heterocycles. The SMILES string of the molecule is Cc1ccc2c(-c3cnc4c(n3)c(C(=O)O)cn4COCC[Si](C)(C)C)ncn2c1. The quantitative estimate of drug-likeness (QED) is 0.356. The van der Waals surface area contributed by atoms with Crippen molar-refractivity contribution in [3.8, 4) is 11.4 Å². The second-order valence-electron chi connectivity index (χ2n) is 8.69. The molecular weight excluding hydrogens is 398 g/mol. The number of carboxylic acid groups (broad SMARTS) is 1. The third-order valence-corrected chi connectivity index (χ3v) is 6.65. The molecule has 0 aliphatic rings. The summed E-state index contributed by atoms with van der Waals surface area (Å²) in [5.41, 5.74) is 4.14. The molecule has 0 saturated carbocycles. The van der Waals surface area contributed by atoms with Crippen molar-refractivity contribution < 1.29 is 14.6 Å². The number of nitrogens with zero attached hydrogens (tertiary/aromatic N) is 5. The van der Waals surface area contributed by atoms with Crippen LogP contribution in [0.25, 0.3) is 28.1 Å². The summed E-state index contributed by atoms with van der Waals surface area (Å²) >= 11 is 0. The Morgan fingerprint density at radius 1 is 1.20 bits per heavy atom. The largest absolute Gasteiger partial charge is 0.478 e. The monoisotopic (exact) mass is 423 g/mol. The molecule has 9 heteroatoms. The molecule has 0 fully saturated rings. The normalized spacial score (nSPS) is 12.1. The summed E-state index contributed by atoms with van der Waals surface area (Å²) in [5, 5.41) is 9.66. The summed E-state index contributed by atoms with van der Waals surface area (Å²) in [7, 11) is -1.19. The minimum Gasteiger partial charge on any atom is -0.478 e. The zero-order valence-corrected chi connectivity index (χ0v) is 18.6. The summed E-state index contributed by atoms with van der Waals surface area (Å²) in [5.74, 6) is -1.04. The van der Waals surface area contributed by atoms with Gasteiger partial charge in [0, 0.05) is 27.1 Å². The highest BCUT2D eigenvalue weighted by molar-refractivity contribution is 6.76. The number of aromatic carboxylic acids is 1. The van der Waals surface area contributed by atoms with E-state index in [0.717, 1.165) is 17.1 Å². The molecule has 30 heavy (non-hydrogen) atoms. The van der Waals surface area contributed by atoms with Gasteiger partial charge in [0.15, 0.2) is 5.65 Å². The molecule has 0 spiro atoms. The molecule has 0 aliphatic heterocycles. The standard InChI is InChI=1S/C21H25N5O3Si/c1-14-5-6-17-19(23-12-25(17)10-14)16-9-22-20-18(24-16)15(21(27)28)11-26(20)13-29-7-8-30(2,3)4/h5-6,9-12H,7-8,13H2,1-4H3,(H,27,28). The van der Waals surface area contributed by atoms with E-state index in [1.165, 1.54) is 0 Å². The topological polar surface area (TPSA) is 94.5 Å². The highest BCUT2D eigenvalue weighted by Crippen LogP contribution is 2.25. The Kier molecular flexibility index (Phi) is 5.16. The van der Waals surface area contributed by atoms with E-state index in [-0.39, 0.29) is 12.3 Å². The van der Waals surface area contributed by atoms with Crippen molar-refractivity contribution in [2.75, 3.05) is 6.61 Å². The molecule has 0 radical (unpaired) electrons. The van der Waals surface area contributed by atoms with Gasteiger partial charge < -0.3 is 18.8 Å². The molecule has 0 saturated heterocycles. The molecule has 4 aromatic rings. The van der Waals surface area contributed by atoms with Crippen LogP contribution in [0.1, 0.15) is 15.9 Å². The van der Waals surface area contributed by atoms with Crippen molar-refractivity contribution in [2.24, 2.45) is 0 Å². The van der Waals surface area contributed by atoms with Crippen molar-refractivity contribution in [1.82, 2.24) is 23.9 Å². The van der Waals surface area contributed by atoms with E-state index in [1.807, 2.05) is 29.7 Å². The lowest BCUT2D eigenvalue weighted by Gasteiger charge is -2.15. The van der Waals surface area contributed by atoms with Gasteiger partial charge in [-0.25, -0.2) is 19.7 Å². The summed E-state index contributed by atoms with van der Waals surface area (Å²) in [6.07, 6.45) is 6.88. The van der Waals surface area contributed by atoms with Crippen LogP contribution in [-0.4, -0.2) is 49.7 Å². The number of carbonyl (C=O) groups is 1. The summed E-state index contributed by atoms with van der Waals surface area (Å²) in [6, 6.07) is 5.02. The lowest BCUT2D eigenvalue weighted by atomic mass is 10.2. The first-order valence-corrected chi connectivity index (χ1v) is 13.5. The first-order valence-electron chi connectivity index (χ1n) is 9.83. The van der Waals surface area contributed by atoms with Crippen LogP contribution in [0.5, 0.6) is 0 Å². The van der Waals surface area contributed by atoms with E-state index in [2.05, 4.69) is 34.6 Å². The van der Waals surface area contributed by atoms with Gasteiger partial charge in [-0.3, -0.25) is 0 Å². The van der Waals surface area contributed by atoms with Gasteiger partial charge in [-0.1, -0.05) is 25.7 Å². The van der Waals surface area contributed by atoms with E-state index >= 15 is 0 Å². The number of ether oxygens (including phenoxy) is 1. The number of hydrogen-bond donors (Lipinski definition) is 1. The average molecular weight is 424 g/mol. The molecule has 0 bridgehead atoms. The first kappa shape index (κ1) is 20.2. The maximum absolute atomic E-state index is 11.8. The van der Waals surface area contributed by atoms with Crippen LogP contribution >= 0.6 is 0 Å². The average Bonchev–Trinajstić information content (AvgIpc) is 3.25. The Morgan fingerprint density at radius 3 is 2.73 bits per heavy atom. The van der Waals surface area contributed by atoms with Gasteiger partial charge >= 0.3 is 5.97 Å². The molecule has 4 heterocycles. The molecule has 0 atom stereocenters. The van der Waals surface area contributed by atoms with E-state index in [0.29, 0.717) is 29.2 Å². The van der Waals surface area contributed by atoms with Crippen LogP contribution in [0.2, 0.25) is 25.7 Å². The molecule has 4 rings (SSSR count). The molecular formula is C21H25N5O3Si. The number of fused-ring (bicyclic) bond motifs is 2. The van der Waals surface area contributed by atoms with Crippen LogP contribution in [0.3, 0.4) is 0 Å². The lowest BCUT2D eigenvalue weighted by molar-refractivity contribution is 0.0696. The highest BCUT2D eigenvalue weighted by Gasteiger charge is 2.19. The first-order chi connectivity index (χ1) is 14.2. The van der Waals surface area contributed by atoms with Crippen LogP contribution in [0.4, 0.5) is 0 Å². The van der Waals surface area contributed by atoms with Gasteiger partial charge in [0.1, 0.15) is 35.5 Å². The van der Waals surface area contributed by atoms with Gasteiger partial charge in [-0.15, -0.1) is 0 Å². The minimum atomic E-state index is -1.19. The van der Waals surface area contributed by atoms with Gasteiger partial charge in [0.25, 0.3) is 0 Å². The molecule has 0 unspecified atom stereocenters. The summed E-state index contributed by atoms with van der Waals surface area (Å²) < 4.78 is 9.42. The van der Waals surface area contributed by atoms with Gasteiger partial charge in [-0.2, -0.15) is 0 Å². The van der Waals surface area contributed by atoms with Crippen LogP contribution in [-0.2, 0) is 11.5 Å². The lowest BCUT2D eigenvalue weighted by Crippen LogP contribution is -2.22. The maximum Gasteiger partial charge on any atom is 0.339 e. The second kappa shape index (κ2) is 7.65. The fourth-order valence-electron chi connectivity index (χ4n) is 3.27. The Hall–Kier alpha value is -3.04. The number of aryl methyl sites for hydroxylation is 1. The van der Waals surface area contributed by atoms with E-state index in [4.69, 9.17) is 4.74 Å². The number of imidazole rings is 1. The number of rotatable bonds is 7. The molecule has 0 aromatic carbocycles. The maximum atomic E-state index is 11.8. The third-order valence-electron chi connectivity index (χ3n) is 4.94. The van der Waals surface area contributed by atoms with Crippen LogP contribution in [0, 0.1) is 6.92 Å². The summed E-state index contributed by atoms with van der Waals surface area (Å²) in [4.78, 5) is 25.4. The minimum absolute atomic E-state index is 0.104. The van der Waals surface area contributed by atoms with Gasteiger partial charge in [-0.05, 0) is 24.6 Å². The van der Waals surface area contributed by atoms with E-state index in [9.17, 15) is 9.90 Å². The molecule has 0 amide bonds. The Morgan fingerprint density at radius 2 is 2.00 bits per heavy atom. The molecule has 0 aliphatic carbocycles. The number of carboxylic acids is 1. The van der Waals surface area contributed by atoms with Gasteiger partial charge in [0.05, 0.1) is 11.7 Å². The van der Waals surface area contributed by atoms with Crippen molar-refractivity contribution in [2.45, 2.75) is 39.3 Å². The predicted molar refractivity (Wildman–Crippen MR) is 118 cm³/mol. The fraction of sp³-hybridized carbons (Fsp3) is 0.333. The van der Waals surface area contributed by atoms with E-state index < -0.39 is 14.0 Å². The van der Waals surface area contributed by atoms with Crippen molar-refractivity contribution in [3.05, 3.63) is 48.2 Å². The smallest absolute Gasteiger partial charge is 0.339 e. The van der Waals surface area contributed by atoms with Crippen molar-refractivity contribution >= 4 is 30.7 Å². The summed E-state index contributed by atoms with van der Waals surface area (Å²) in [6.45, 7) is 9.77. The fourth-order valence-corrected chi connectivity index (χ4v) is 4.03. The predicted octanol–water partition coefficient (Wildman–Crippen LogP) is 4.06. The Bertz CT molecular complexity index is 1240. The number of hydrogen-bond acceptors (Lipinski definition) is 5. The van der Waals surface area contributed by atoms with Gasteiger partial charge in [0.2, 0.25) is 0 Å². The molecule has 156 valence electrons. The Balaban J connectivity index is 1.69. The van der Waals surface area contributed by atoms with Crippen molar-refractivity contribution in [1.29, 1.82) is 0 Å². The van der Waals surface area contributed by atoms with Crippen LogP contribution in [0.15, 0.2) is 37.1 Å². The zero-order valence-electron chi connectivity index (χ0n) is 17.6. The van der Waals surface area contributed by atoms with Crippen molar-refractivity contribution in [3.63, 3.8) is 0 Å². The number of aromatic nitrogens is 5. The third kappa shape index (κ3) is 3.98. The second-order valence-corrected chi connectivity index (χ2v) is 14.3. The Labute approximate surface area is 175 Å². The number of pyridine rings is 1. The molecule has 1 N–H and O–H groups in total. The molecule has 8 nitrogen and oxygen atoms in total. The van der Waals surface area contributed by atoms with E-state index in [1.54, 1.807) is 23.3 Å².